The topological polar surface area (TPSA) is 86.3 Å². The molecular formula is C26H33NO6. The fraction of sp³-hybridized carbons (Fsp3) is 0.500. The predicted molar refractivity (Wildman–Crippen MR) is 126 cm³/mol. The summed E-state index contributed by atoms with van der Waals surface area (Å²) in [6.07, 6.45) is 3.32. The molecule has 33 heavy (non-hydrogen) atoms. The van der Waals surface area contributed by atoms with Crippen LogP contribution >= 0.6 is 0 Å². The van der Waals surface area contributed by atoms with Crippen LogP contribution in [-0.4, -0.2) is 49.6 Å². The summed E-state index contributed by atoms with van der Waals surface area (Å²) in [6.45, 7) is 5.82. The monoisotopic (exact) mass is 455 g/mol. The van der Waals surface area contributed by atoms with Crippen molar-refractivity contribution in [3.63, 3.8) is 0 Å². The Labute approximate surface area is 195 Å². The maximum absolute atomic E-state index is 12.1. The average Bonchev–Trinajstić information content (AvgIpc) is 3.64. The van der Waals surface area contributed by atoms with Gasteiger partial charge in [0.2, 0.25) is 0 Å². The number of carboxylic acids is 1. The molecule has 0 atom stereocenters. The highest BCUT2D eigenvalue weighted by Gasteiger charge is 2.40. The van der Waals surface area contributed by atoms with Gasteiger partial charge in [-0.05, 0) is 67.6 Å². The molecule has 0 spiro atoms. The Hall–Kier alpha value is -2.77. The third-order valence-corrected chi connectivity index (χ3v) is 6.39. The summed E-state index contributed by atoms with van der Waals surface area (Å²) in [4.78, 5) is 12.1. The summed E-state index contributed by atoms with van der Waals surface area (Å²) in [5, 5.41) is 13.2. The number of hydrogen-bond acceptors (Lipinski definition) is 6. The minimum atomic E-state index is -1.02. The number of rotatable bonds is 10. The van der Waals surface area contributed by atoms with Crippen molar-refractivity contribution in [1.29, 1.82) is 0 Å². The molecule has 1 saturated heterocycles. The van der Waals surface area contributed by atoms with Gasteiger partial charge in [0.1, 0.15) is 17.0 Å². The Morgan fingerprint density at radius 1 is 1.18 bits per heavy atom. The van der Waals surface area contributed by atoms with Gasteiger partial charge in [-0.25, -0.2) is 4.79 Å². The molecule has 0 bridgehead atoms. The first-order chi connectivity index (χ1) is 16.0. The third-order valence-electron chi connectivity index (χ3n) is 6.39. The van der Waals surface area contributed by atoms with Crippen molar-refractivity contribution in [3.05, 3.63) is 41.5 Å². The maximum Gasteiger partial charge on any atom is 0.329 e. The van der Waals surface area contributed by atoms with Crippen LogP contribution in [0.15, 0.2) is 30.3 Å². The summed E-state index contributed by atoms with van der Waals surface area (Å²) in [6, 6.07) is 10.00. The van der Waals surface area contributed by atoms with Gasteiger partial charge >= 0.3 is 5.97 Å². The highest BCUT2D eigenvalue weighted by Crippen LogP contribution is 2.38. The highest BCUT2D eigenvalue weighted by atomic mass is 16.5. The molecule has 1 aliphatic heterocycles. The minimum absolute atomic E-state index is 0.307. The Kier molecular flexibility index (Phi) is 7.10. The highest BCUT2D eigenvalue weighted by molar-refractivity contribution is 5.83. The third kappa shape index (κ3) is 5.25. The molecule has 7 heteroatoms. The molecular weight excluding hydrogens is 422 g/mol. The van der Waals surface area contributed by atoms with E-state index in [0.29, 0.717) is 45.4 Å². The molecule has 2 aliphatic rings. The number of carboxylic acid groups (broad SMARTS) is 1. The molecule has 0 amide bonds. The van der Waals surface area contributed by atoms with E-state index in [4.69, 9.17) is 18.9 Å². The van der Waals surface area contributed by atoms with Crippen LogP contribution in [0.25, 0.3) is 11.1 Å². The van der Waals surface area contributed by atoms with Gasteiger partial charge in [0.05, 0.1) is 26.4 Å². The number of methoxy groups -OCH3 is 1. The van der Waals surface area contributed by atoms with Gasteiger partial charge in [-0.3, -0.25) is 0 Å². The van der Waals surface area contributed by atoms with Crippen molar-refractivity contribution in [2.24, 2.45) is 0 Å². The maximum atomic E-state index is 12.1. The molecule has 1 saturated carbocycles. The van der Waals surface area contributed by atoms with E-state index in [1.807, 2.05) is 44.2 Å². The molecule has 2 N–H and O–H groups in total. The molecule has 4 rings (SSSR count). The molecule has 7 nitrogen and oxygen atoms in total. The number of hydrogen-bond donors (Lipinski definition) is 2. The molecule has 2 aromatic rings. The van der Waals surface area contributed by atoms with Gasteiger partial charge in [-0.2, -0.15) is 0 Å². The molecule has 1 heterocycles. The zero-order valence-corrected chi connectivity index (χ0v) is 19.6. The first-order valence-corrected chi connectivity index (χ1v) is 11.6. The second-order valence-electron chi connectivity index (χ2n) is 8.74. The second kappa shape index (κ2) is 10.0. The summed E-state index contributed by atoms with van der Waals surface area (Å²) in [5.41, 5.74) is 3.68. The lowest BCUT2D eigenvalue weighted by molar-refractivity contribution is -0.145. The summed E-state index contributed by atoms with van der Waals surface area (Å²) in [7, 11) is 1.66. The second-order valence-corrected chi connectivity index (χ2v) is 8.74. The summed E-state index contributed by atoms with van der Waals surface area (Å²) >= 11 is 0. The van der Waals surface area contributed by atoms with Crippen LogP contribution in [0.2, 0.25) is 0 Å². The lowest BCUT2D eigenvalue weighted by atomic mass is 9.89. The molecule has 0 radical (unpaired) electrons. The van der Waals surface area contributed by atoms with Crippen LogP contribution in [0, 0.1) is 6.92 Å². The molecule has 178 valence electrons. The van der Waals surface area contributed by atoms with Crippen LogP contribution in [0.4, 0.5) is 5.69 Å². The minimum Gasteiger partial charge on any atom is -0.496 e. The first kappa shape index (κ1) is 23.4. The van der Waals surface area contributed by atoms with Crippen molar-refractivity contribution < 1.29 is 28.8 Å². The largest absolute Gasteiger partial charge is 0.496 e. The number of benzene rings is 2. The Balaban J connectivity index is 1.71. The Morgan fingerprint density at radius 3 is 2.55 bits per heavy atom. The van der Waals surface area contributed by atoms with Gasteiger partial charge < -0.3 is 29.4 Å². The van der Waals surface area contributed by atoms with E-state index in [1.54, 1.807) is 7.11 Å². The van der Waals surface area contributed by atoms with Gasteiger partial charge in [-0.1, -0.05) is 6.07 Å². The number of ether oxygens (including phenoxy) is 4. The molecule has 0 aromatic heterocycles. The van der Waals surface area contributed by atoms with Gasteiger partial charge in [0.15, 0.2) is 0 Å². The van der Waals surface area contributed by atoms with Crippen molar-refractivity contribution >= 4 is 11.7 Å². The SMILES string of the molecule is CCOc1cc(-c2ccc(NC3(C(=O)O)CCOCC3)cc2COC2CC2)cc(OC)c1C. The van der Waals surface area contributed by atoms with Crippen molar-refractivity contribution in [1.82, 2.24) is 0 Å². The van der Waals surface area contributed by atoms with E-state index in [1.165, 1.54) is 0 Å². The smallest absolute Gasteiger partial charge is 0.329 e. The van der Waals surface area contributed by atoms with E-state index in [9.17, 15) is 9.90 Å². The normalized spacial score (nSPS) is 17.4. The summed E-state index contributed by atoms with van der Waals surface area (Å²) in [5.74, 6) is 0.699. The molecule has 2 aromatic carbocycles. The van der Waals surface area contributed by atoms with Crippen LogP contribution in [0.5, 0.6) is 11.5 Å². The van der Waals surface area contributed by atoms with Crippen LogP contribution < -0.4 is 14.8 Å². The Bertz CT molecular complexity index is 995. The van der Waals surface area contributed by atoms with Crippen molar-refractivity contribution in [2.75, 3.05) is 32.2 Å². The van der Waals surface area contributed by atoms with E-state index in [0.717, 1.165) is 52.3 Å². The average molecular weight is 456 g/mol. The zero-order chi connectivity index (χ0) is 23.4. The molecule has 2 fully saturated rings. The predicted octanol–water partition coefficient (Wildman–Crippen LogP) is 4.79. The van der Waals surface area contributed by atoms with Gasteiger partial charge in [-0.15, -0.1) is 0 Å². The number of aliphatic carboxylic acids is 1. The van der Waals surface area contributed by atoms with E-state index in [-0.39, 0.29) is 0 Å². The standard InChI is InChI=1S/C26H33NO6/c1-4-32-24-15-18(14-23(30-3)17(24)2)22-8-5-20(13-19(22)16-33-21-6-7-21)27-26(25(28)29)9-11-31-12-10-26/h5,8,13-15,21,27H,4,6-7,9-12,16H2,1-3H3,(H,28,29). The zero-order valence-electron chi connectivity index (χ0n) is 19.6. The van der Waals surface area contributed by atoms with Gasteiger partial charge in [0, 0.05) is 37.3 Å². The van der Waals surface area contributed by atoms with Crippen molar-refractivity contribution in [2.45, 2.75) is 57.8 Å². The number of nitrogens with one attached hydrogen (secondary N) is 1. The van der Waals surface area contributed by atoms with Crippen LogP contribution in [0.3, 0.4) is 0 Å². The quantitative estimate of drug-likeness (QED) is 0.532. The lowest BCUT2D eigenvalue weighted by Gasteiger charge is -2.35. The fourth-order valence-electron chi connectivity index (χ4n) is 4.24. The molecule has 1 aliphatic carbocycles. The lowest BCUT2D eigenvalue weighted by Crippen LogP contribution is -2.50. The first-order valence-electron chi connectivity index (χ1n) is 11.6. The van der Waals surface area contributed by atoms with Crippen LogP contribution in [-0.2, 0) is 20.9 Å². The van der Waals surface area contributed by atoms with Crippen LogP contribution in [0.1, 0.15) is 43.7 Å². The van der Waals surface area contributed by atoms with Gasteiger partial charge in [0.25, 0.3) is 0 Å². The van der Waals surface area contributed by atoms with E-state index in [2.05, 4.69) is 5.32 Å². The number of anilines is 1. The van der Waals surface area contributed by atoms with E-state index < -0.39 is 11.5 Å². The fourth-order valence-corrected chi connectivity index (χ4v) is 4.24. The number of carbonyl (C=O) groups is 1. The van der Waals surface area contributed by atoms with E-state index >= 15 is 0 Å². The van der Waals surface area contributed by atoms with Crippen molar-refractivity contribution in [3.8, 4) is 22.6 Å². The Morgan fingerprint density at radius 2 is 1.91 bits per heavy atom. The summed E-state index contributed by atoms with van der Waals surface area (Å²) < 4.78 is 22.9. The molecule has 0 unspecified atom stereocenters.